The summed E-state index contributed by atoms with van der Waals surface area (Å²) in [6, 6.07) is 11.5. The number of piperidine rings is 1. The van der Waals surface area contributed by atoms with Crippen LogP contribution in [-0.2, 0) is 4.74 Å². The number of amides is 3. The SMILES string of the molecule is CCOC(=O)N1CCC(NC(=O)Nc2ccc(F)cc2-c2nc3ccccc3s2)CC1. The first-order valence-corrected chi connectivity index (χ1v) is 11.0. The minimum atomic E-state index is -0.397. The van der Waals surface area contributed by atoms with E-state index in [4.69, 9.17) is 4.74 Å². The zero-order chi connectivity index (χ0) is 21.8. The molecule has 0 unspecified atom stereocenters. The molecule has 1 aromatic heterocycles. The van der Waals surface area contributed by atoms with Gasteiger partial charge >= 0.3 is 12.1 Å². The minimum Gasteiger partial charge on any atom is -0.450 e. The normalized spacial score (nSPS) is 14.5. The lowest BCUT2D eigenvalue weighted by Crippen LogP contribution is -2.47. The summed E-state index contributed by atoms with van der Waals surface area (Å²) in [7, 11) is 0. The first-order valence-electron chi connectivity index (χ1n) is 10.2. The molecule has 0 aliphatic carbocycles. The number of fused-ring (bicyclic) bond motifs is 1. The van der Waals surface area contributed by atoms with Crippen molar-refractivity contribution < 1.29 is 18.7 Å². The van der Waals surface area contributed by atoms with Crippen molar-refractivity contribution in [1.82, 2.24) is 15.2 Å². The first-order chi connectivity index (χ1) is 15.0. The lowest BCUT2D eigenvalue weighted by molar-refractivity contribution is 0.0959. The molecule has 162 valence electrons. The van der Waals surface area contributed by atoms with Crippen LogP contribution >= 0.6 is 11.3 Å². The Kier molecular flexibility index (Phi) is 6.31. The third kappa shape index (κ3) is 4.93. The van der Waals surface area contributed by atoms with E-state index in [1.165, 1.54) is 23.5 Å². The summed E-state index contributed by atoms with van der Waals surface area (Å²) < 4.78 is 20.0. The van der Waals surface area contributed by atoms with E-state index in [1.807, 2.05) is 24.3 Å². The molecular formula is C22H23FN4O3S. The zero-order valence-electron chi connectivity index (χ0n) is 17.1. The molecule has 0 atom stereocenters. The molecule has 1 saturated heterocycles. The van der Waals surface area contributed by atoms with Crippen LogP contribution in [0, 0.1) is 5.82 Å². The van der Waals surface area contributed by atoms with Crippen molar-refractivity contribution in [2.24, 2.45) is 0 Å². The second-order valence-electron chi connectivity index (χ2n) is 7.24. The lowest BCUT2D eigenvalue weighted by atomic mass is 10.1. The highest BCUT2D eigenvalue weighted by Gasteiger charge is 2.25. The van der Waals surface area contributed by atoms with Crippen LogP contribution in [0.2, 0.25) is 0 Å². The lowest BCUT2D eigenvalue weighted by Gasteiger charge is -2.31. The van der Waals surface area contributed by atoms with Crippen LogP contribution in [0.4, 0.5) is 19.7 Å². The fraction of sp³-hybridized carbons (Fsp3) is 0.318. The molecule has 1 aliphatic heterocycles. The number of carbonyl (C=O) groups is 2. The van der Waals surface area contributed by atoms with Gasteiger partial charge in [-0.2, -0.15) is 0 Å². The molecule has 0 spiro atoms. The van der Waals surface area contributed by atoms with Gasteiger partial charge in [-0.1, -0.05) is 12.1 Å². The van der Waals surface area contributed by atoms with E-state index < -0.39 is 5.82 Å². The van der Waals surface area contributed by atoms with Crippen molar-refractivity contribution in [1.29, 1.82) is 0 Å². The summed E-state index contributed by atoms with van der Waals surface area (Å²) in [5.41, 5.74) is 1.85. The summed E-state index contributed by atoms with van der Waals surface area (Å²) in [5, 5.41) is 6.40. The number of hydrogen-bond acceptors (Lipinski definition) is 5. The number of anilines is 1. The van der Waals surface area contributed by atoms with Gasteiger partial charge in [0.1, 0.15) is 10.8 Å². The van der Waals surface area contributed by atoms with Crippen LogP contribution in [0.1, 0.15) is 19.8 Å². The molecule has 3 aromatic rings. The molecule has 0 bridgehead atoms. The summed E-state index contributed by atoms with van der Waals surface area (Å²) in [6.07, 6.45) is 0.956. The number of likely N-dealkylation sites (tertiary alicyclic amines) is 1. The van der Waals surface area contributed by atoms with Crippen LogP contribution in [0.15, 0.2) is 42.5 Å². The molecular weight excluding hydrogens is 419 g/mol. The van der Waals surface area contributed by atoms with Crippen molar-refractivity contribution in [2.75, 3.05) is 25.0 Å². The van der Waals surface area contributed by atoms with Crippen molar-refractivity contribution in [3.8, 4) is 10.6 Å². The van der Waals surface area contributed by atoms with Crippen molar-refractivity contribution >= 4 is 39.4 Å². The fourth-order valence-corrected chi connectivity index (χ4v) is 4.55. The molecule has 1 aliphatic rings. The largest absolute Gasteiger partial charge is 0.450 e. The predicted molar refractivity (Wildman–Crippen MR) is 119 cm³/mol. The molecule has 31 heavy (non-hydrogen) atoms. The number of carbonyl (C=O) groups excluding carboxylic acids is 2. The zero-order valence-corrected chi connectivity index (χ0v) is 17.9. The van der Waals surface area contributed by atoms with Crippen molar-refractivity contribution in [2.45, 2.75) is 25.8 Å². The summed E-state index contributed by atoms with van der Waals surface area (Å²) in [6.45, 7) is 3.16. The molecule has 9 heteroatoms. The van der Waals surface area contributed by atoms with Crippen LogP contribution in [-0.4, -0.2) is 47.7 Å². The van der Waals surface area contributed by atoms with Crippen LogP contribution in [0.5, 0.6) is 0 Å². The Hall–Kier alpha value is -3.20. The smallest absolute Gasteiger partial charge is 0.409 e. The maximum absolute atomic E-state index is 14.0. The number of nitrogens with one attached hydrogen (secondary N) is 2. The Bertz CT molecular complexity index is 1060. The number of urea groups is 1. The van der Waals surface area contributed by atoms with Gasteiger partial charge in [0, 0.05) is 24.7 Å². The number of halogens is 1. The topological polar surface area (TPSA) is 83.6 Å². The monoisotopic (exact) mass is 442 g/mol. The molecule has 1 fully saturated rings. The highest BCUT2D eigenvalue weighted by molar-refractivity contribution is 7.21. The van der Waals surface area contributed by atoms with Gasteiger partial charge in [-0.15, -0.1) is 11.3 Å². The van der Waals surface area contributed by atoms with E-state index in [1.54, 1.807) is 17.9 Å². The Balaban J connectivity index is 1.43. The number of aromatic nitrogens is 1. The van der Waals surface area contributed by atoms with Gasteiger partial charge < -0.3 is 20.3 Å². The average Bonchev–Trinajstić information content (AvgIpc) is 3.20. The number of rotatable bonds is 4. The number of nitrogens with zero attached hydrogens (tertiary/aromatic N) is 2. The van der Waals surface area contributed by atoms with Crippen LogP contribution < -0.4 is 10.6 Å². The molecule has 0 radical (unpaired) electrons. The fourth-order valence-electron chi connectivity index (χ4n) is 3.55. The molecule has 0 saturated carbocycles. The number of ether oxygens (including phenoxy) is 1. The number of benzene rings is 2. The summed E-state index contributed by atoms with van der Waals surface area (Å²) in [4.78, 5) is 30.6. The maximum atomic E-state index is 14.0. The summed E-state index contributed by atoms with van der Waals surface area (Å²) >= 11 is 1.44. The molecule has 4 rings (SSSR count). The number of para-hydroxylation sites is 1. The average molecular weight is 443 g/mol. The van der Waals surface area contributed by atoms with Crippen molar-refractivity contribution in [3.63, 3.8) is 0 Å². The van der Waals surface area contributed by atoms with Gasteiger partial charge in [-0.25, -0.2) is 19.0 Å². The Labute approximate surface area is 183 Å². The van der Waals surface area contributed by atoms with Gasteiger partial charge in [0.05, 0.1) is 22.5 Å². The molecule has 2 N–H and O–H groups in total. The predicted octanol–water partition coefficient (Wildman–Crippen LogP) is 4.84. The first kappa shape index (κ1) is 21.0. The standard InChI is InChI=1S/C22H23FN4O3S/c1-2-30-22(29)27-11-9-15(10-12-27)24-21(28)26-17-8-7-14(23)13-16(17)20-25-18-5-3-4-6-19(18)31-20/h3-8,13,15H,2,9-12H2,1H3,(H2,24,26,28). The number of thiazole rings is 1. The highest BCUT2D eigenvalue weighted by atomic mass is 32.1. The van der Waals surface area contributed by atoms with E-state index in [-0.39, 0.29) is 18.2 Å². The van der Waals surface area contributed by atoms with E-state index in [2.05, 4.69) is 15.6 Å². The minimum absolute atomic E-state index is 0.0583. The third-order valence-corrected chi connectivity index (χ3v) is 6.18. The Morgan fingerprint density at radius 2 is 2.00 bits per heavy atom. The molecule has 3 amide bonds. The van der Waals surface area contributed by atoms with E-state index in [0.29, 0.717) is 48.8 Å². The summed E-state index contributed by atoms with van der Waals surface area (Å²) in [5.74, 6) is -0.397. The number of hydrogen-bond donors (Lipinski definition) is 2. The second-order valence-corrected chi connectivity index (χ2v) is 8.27. The molecule has 2 aromatic carbocycles. The van der Waals surface area contributed by atoms with Gasteiger partial charge in [0.2, 0.25) is 0 Å². The quantitative estimate of drug-likeness (QED) is 0.605. The van der Waals surface area contributed by atoms with Crippen LogP contribution in [0.25, 0.3) is 20.8 Å². The highest BCUT2D eigenvalue weighted by Crippen LogP contribution is 2.35. The third-order valence-electron chi connectivity index (χ3n) is 5.11. The molecule has 2 heterocycles. The van der Waals surface area contributed by atoms with E-state index in [9.17, 15) is 14.0 Å². The van der Waals surface area contributed by atoms with Gasteiger partial charge in [-0.3, -0.25) is 0 Å². The van der Waals surface area contributed by atoms with E-state index >= 15 is 0 Å². The Morgan fingerprint density at radius 1 is 1.23 bits per heavy atom. The molecule has 7 nitrogen and oxygen atoms in total. The second kappa shape index (κ2) is 9.30. The van der Waals surface area contributed by atoms with Crippen LogP contribution in [0.3, 0.4) is 0 Å². The Morgan fingerprint density at radius 3 is 2.74 bits per heavy atom. The van der Waals surface area contributed by atoms with Gasteiger partial charge in [0.25, 0.3) is 0 Å². The van der Waals surface area contributed by atoms with Crippen molar-refractivity contribution in [3.05, 3.63) is 48.3 Å². The van der Waals surface area contributed by atoms with Gasteiger partial charge in [-0.05, 0) is 50.1 Å². The van der Waals surface area contributed by atoms with Gasteiger partial charge in [0.15, 0.2) is 0 Å². The maximum Gasteiger partial charge on any atom is 0.409 e. The van der Waals surface area contributed by atoms with E-state index in [0.717, 1.165) is 10.2 Å².